The third-order valence-corrected chi connectivity index (χ3v) is 23.1. The van der Waals surface area contributed by atoms with Crippen molar-refractivity contribution >= 4 is 144 Å². The van der Waals surface area contributed by atoms with Crippen molar-refractivity contribution in [2.75, 3.05) is 95.4 Å². The molecule has 0 aliphatic rings. The summed E-state index contributed by atoms with van der Waals surface area (Å²) >= 11 is 4.72. The monoisotopic (exact) mass is 1990 g/mol. The smallest absolute Gasteiger partial charge is 0.412 e. The number of nitrogens with zero attached hydrogens (tertiary/aromatic N) is 10. The highest BCUT2D eigenvalue weighted by Gasteiger charge is 2.20. The maximum absolute atomic E-state index is 11.7. The number of hydrogen-bond donors (Lipinski definition) is 8. The predicted octanol–water partition coefficient (Wildman–Crippen LogP) is 25.4. The van der Waals surface area contributed by atoms with E-state index in [9.17, 15) is 38.4 Å². The Balaban J connectivity index is 0.000000404. The second-order valence-electron chi connectivity index (χ2n) is 36.0. The fourth-order valence-electron chi connectivity index (χ4n) is 9.18. The quantitative estimate of drug-likeness (QED) is 0.0143. The van der Waals surface area contributed by atoms with Gasteiger partial charge >= 0.3 is 48.7 Å². The average molecular weight is 1990 g/mol. The first kappa shape index (κ1) is 119. The Bertz CT molecular complexity index is 4770. The lowest BCUT2D eigenvalue weighted by molar-refractivity contribution is 0.132. The van der Waals surface area contributed by atoms with E-state index in [4.69, 9.17) is 46.8 Å². The molecule has 38 heteroatoms. The number of hydrogen-bond acceptors (Lipinski definition) is 28. The van der Waals surface area contributed by atoms with Gasteiger partial charge < -0.3 is 46.8 Å². The summed E-state index contributed by atoms with van der Waals surface area (Å²) in [4.78, 5) is 120. The van der Waals surface area contributed by atoms with Gasteiger partial charge in [-0.05, 0) is 166 Å². The van der Waals surface area contributed by atoms with Crippen LogP contribution in [0.2, 0.25) is 0 Å². The van der Waals surface area contributed by atoms with Crippen LogP contribution in [0.25, 0.3) is 21.7 Å². The highest BCUT2D eigenvalue weighted by Crippen LogP contribution is 2.23. The Morgan fingerprint density at radius 3 is 1.13 bits per heavy atom. The highest BCUT2D eigenvalue weighted by molar-refractivity contribution is 9.10. The molecule has 0 aliphatic carbocycles. The number of carbonyl (C=O) groups excluding carboxylic acids is 8. The van der Waals surface area contributed by atoms with E-state index in [1.54, 1.807) is 79.9 Å². The lowest BCUT2D eigenvalue weighted by atomic mass is 10.00. The lowest BCUT2D eigenvalue weighted by Crippen LogP contribution is -2.20. The first-order valence-corrected chi connectivity index (χ1v) is 47.7. The number of amides is 8. The normalized spacial score (nSPS) is 12.4. The van der Waals surface area contributed by atoms with E-state index in [2.05, 4.69) is 249 Å². The molecule has 10 aromatic rings. The second-order valence-corrected chi connectivity index (χ2v) is 37.9. The minimum absolute atomic E-state index is 0.338. The van der Waals surface area contributed by atoms with Gasteiger partial charge in [0.1, 0.15) is 34.1 Å². The van der Waals surface area contributed by atoms with E-state index in [0.29, 0.717) is 206 Å². The van der Waals surface area contributed by atoms with Gasteiger partial charge in [-0.3, -0.25) is 52.2 Å². The first-order chi connectivity index (χ1) is 64.6. The standard InChI is InChI=1S/2C16H20N2O2.C12H17BrN2O2.C11H19N3O2.C11H17N3O2.2C11H18N2O3.C11H18N2O2S/c1-11(2)12(3)10-20-16(19)18-15-8-13-6-4-5-7-14(13)9-17-15;1-11(2)12(3)10-20-16(19)18-15-9-8-13-6-4-5-7-14(13)17-15;1-8(2)9(3)7-17-12(16)15-10-4-5-11(13)14-6-10;1-8(2)9(3)7-16-11(15)12-10-5-6-14(4)13-10;1-8(2)9(3)7-16-11(15)14-10-6-12-4-5-13-10;1-7(2)8(3)6-15-11(14)12-10-5-9(4)16-13-10;1-7(2)8(3)5-16-11(14)13-10-6-15-9(4)12-10;1-7(2)8(3)5-15-11(14)13-10-6-16-9(4)12-10/h2*4-9,11-12H,10H2,1-3H3,(H,17,18,19);4-6,8-9H,7H2,1-3H3,(H,15,16);5-6,8-9H,7H2,1-4H3,(H,12,13,15);4-6,8-9H,7H2,1-3H3,(H,13,14,15);5,7-8H,6H2,1-4H3,(H,12,13,14);2*6-8H,5H2,1-4H3,(H,13,14)/t2*12-;3*9-;3*8-/m00000000/s1. The van der Waals surface area contributed by atoms with Crippen LogP contribution in [0.1, 0.15) is 183 Å². The predicted molar refractivity (Wildman–Crippen MR) is 542 cm³/mol. The lowest BCUT2D eigenvalue weighted by Gasteiger charge is -2.15. The molecule has 2 aromatic carbocycles. The van der Waals surface area contributed by atoms with E-state index in [0.717, 1.165) is 31.3 Å². The van der Waals surface area contributed by atoms with Gasteiger partial charge in [-0.15, -0.1) is 11.3 Å². The molecule has 10 rings (SSSR count). The number of pyridine rings is 3. The van der Waals surface area contributed by atoms with Gasteiger partial charge in [0.05, 0.1) is 81.5 Å². The van der Waals surface area contributed by atoms with Crippen molar-refractivity contribution in [3.8, 4) is 0 Å². The van der Waals surface area contributed by atoms with Crippen molar-refractivity contribution in [3.05, 3.63) is 161 Å². The number of ether oxygens (including phenoxy) is 8. The van der Waals surface area contributed by atoms with Gasteiger partial charge in [0.15, 0.2) is 29.2 Å². The average Bonchev–Trinajstić information content (AvgIpc) is 1.84. The van der Waals surface area contributed by atoms with Gasteiger partial charge in [-0.2, -0.15) is 10.1 Å². The molecule has 36 nitrogen and oxygen atoms in total. The number of carbonyl (C=O) groups is 8. The minimum Gasteiger partial charge on any atom is -0.449 e. The van der Waals surface area contributed by atoms with Gasteiger partial charge in [0.25, 0.3) is 0 Å². The molecule has 0 spiro atoms. The van der Waals surface area contributed by atoms with Crippen molar-refractivity contribution < 1.29 is 85.2 Å². The van der Waals surface area contributed by atoms with Gasteiger partial charge in [0, 0.05) is 67.0 Å². The summed E-state index contributed by atoms with van der Waals surface area (Å²) in [5, 5.41) is 34.1. The fraction of sp³-hybridized carbons (Fsp3) is 0.525. The first-order valence-electron chi connectivity index (χ1n) is 46.0. The molecule has 754 valence electrons. The Morgan fingerprint density at radius 1 is 0.365 bits per heavy atom. The number of fused-ring (bicyclic) bond motifs is 2. The molecule has 0 bridgehead atoms. The number of rotatable bonds is 32. The van der Waals surface area contributed by atoms with Crippen LogP contribution < -0.4 is 42.5 Å². The van der Waals surface area contributed by atoms with E-state index in [1.807, 2.05) is 88.4 Å². The zero-order valence-corrected chi connectivity index (χ0v) is 87.2. The van der Waals surface area contributed by atoms with Gasteiger partial charge in [-0.25, -0.2) is 63.3 Å². The topological polar surface area (TPSA) is 454 Å². The number of nitrogens with one attached hydrogen (secondary N) is 8. The SMILES string of the molecule is CC(C)[C@@H](C)COC(=O)Nc1cc2ccccc2cn1.CC(C)[C@@H](C)COC(=O)Nc1ccc(Br)nc1.CC(C)[C@@H](C)COC(=O)Nc1ccc2ccccc2n1.CC(C)[C@@H](C)COC(=O)Nc1ccn(C)n1.CC(C)[C@@H](C)COC(=O)Nc1cnccn1.Cc1cc(NC(=O)OC[C@H](C)C(C)C)no1.Cc1nc(NC(=O)OC[C@H](C)C(C)C)co1.Cc1nc(NC(=O)OC[C@H](C)C(C)C)cs1. The van der Waals surface area contributed by atoms with Crippen LogP contribution in [0.15, 0.2) is 153 Å². The molecule has 137 heavy (non-hydrogen) atoms. The van der Waals surface area contributed by atoms with Crippen LogP contribution in [0.3, 0.4) is 0 Å². The molecule has 0 radical (unpaired) electrons. The number of benzene rings is 2. The molecule has 0 fully saturated rings. The van der Waals surface area contributed by atoms with Crippen molar-refractivity contribution in [1.29, 1.82) is 0 Å². The van der Waals surface area contributed by atoms with Crippen LogP contribution in [0.5, 0.6) is 0 Å². The maximum atomic E-state index is 11.7. The van der Waals surface area contributed by atoms with E-state index >= 15 is 0 Å². The van der Waals surface area contributed by atoms with Crippen LogP contribution in [-0.4, -0.2) is 151 Å². The number of thiazole rings is 1. The zero-order valence-electron chi connectivity index (χ0n) is 84.8. The number of para-hydroxylation sites is 1. The van der Waals surface area contributed by atoms with E-state index in [-0.39, 0.29) is 0 Å². The molecule has 8 aromatic heterocycles. The Kier molecular flexibility index (Phi) is 55.7. The maximum Gasteiger partial charge on any atom is 0.412 e. The summed E-state index contributed by atoms with van der Waals surface area (Å²) in [6.07, 6.45) is 7.21. The third kappa shape index (κ3) is 52.9. The Labute approximate surface area is 819 Å². The zero-order chi connectivity index (χ0) is 102. The summed E-state index contributed by atoms with van der Waals surface area (Å²) in [5.74, 6) is 11.1. The molecule has 8 heterocycles. The van der Waals surface area contributed by atoms with E-state index in [1.165, 1.54) is 36.2 Å². The summed E-state index contributed by atoms with van der Waals surface area (Å²) in [5.41, 5.74) is 1.47. The van der Waals surface area contributed by atoms with Gasteiger partial charge in [-0.1, -0.05) is 214 Å². The summed E-state index contributed by atoms with van der Waals surface area (Å²) < 4.78 is 52.9. The van der Waals surface area contributed by atoms with Crippen LogP contribution in [-0.2, 0) is 44.9 Å². The number of halogens is 1. The van der Waals surface area contributed by atoms with Crippen LogP contribution in [0.4, 0.5) is 84.8 Å². The van der Waals surface area contributed by atoms with Crippen molar-refractivity contribution in [1.82, 2.24) is 49.8 Å². The van der Waals surface area contributed by atoms with Gasteiger partial charge in [0.2, 0.25) is 0 Å². The summed E-state index contributed by atoms with van der Waals surface area (Å²) in [6, 6.07) is 28.0. The number of oxazole rings is 1. The van der Waals surface area contributed by atoms with E-state index < -0.39 is 48.7 Å². The molecule has 8 atom stereocenters. The molecule has 0 saturated heterocycles. The van der Waals surface area contributed by atoms with Crippen LogP contribution in [0, 0.1) is 115 Å². The molecular formula is C99H147BrN18O18S. The largest absolute Gasteiger partial charge is 0.449 e. The molecule has 0 aliphatic heterocycles. The second kappa shape index (κ2) is 64.4. The Morgan fingerprint density at radius 2 is 0.759 bits per heavy atom. The van der Waals surface area contributed by atoms with Crippen LogP contribution >= 0.6 is 27.3 Å². The summed E-state index contributed by atoms with van der Waals surface area (Å²) in [7, 11) is 1.79. The molecular weight excluding hydrogens is 1840 g/mol. The molecule has 8 N–H and O–H groups in total. The third-order valence-electron chi connectivity index (χ3n) is 21.9. The summed E-state index contributed by atoms with van der Waals surface area (Å²) in [6.45, 7) is 58.7. The Hall–Kier alpha value is -12.6. The minimum atomic E-state index is -0.499. The molecule has 0 unspecified atom stereocenters. The van der Waals surface area contributed by atoms with Crippen molar-refractivity contribution in [2.24, 2.45) is 102 Å². The number of aromatic nitrogens is 10. The fourth-order valence-corrected chi connectivity index (χ4v) is 9.96. The highest BCUT2D eigenvalue weighted by atomic mass is 79.9. The molecule has 0 saturated carbocycles. The molecule has 8 amide bonds. The van der Waals surface area contributed by atoms with Crippen molar-refractivity contribution in [2.45, 2.75) is 187 Å². The van der Waals surface area contributed by atoms with Crippen molar-refractivity contribution in [3.63, 3.8) is 0 Å². The number of aryl methyl sites for hydroxylation is 4. The number of anilines is 8.